The van der Waals surface area contributed by atoms with E-state index in [4.69, 9.17) is 0 Å². The van der Waals surface area contributed by atoms with Crippen molar-refractivity contribution in [1.29, 1.82) is 0 Å². The fourth-order valence-electron chi connectivity index (χ4n) is 4.49. The standard InChI is InChI=1S/C27H25N3O2/c31-26-11-6-16-30(26)21-14-12-20(13-15-21)27(32)29-17-23(19-7-2-1-3-8-19)24-18-28-25-10-5-4-9-22(24)25/h1-5,7-10,12-15,18,23,28H,6,11,16-17H2,(H,29,32). The number of carbonyl (C=O) groups excluding carboxylic acids is 2. The molecule has 0 bridgehead atoms. The lowest BCUT2D eigenvalue weighted by Crippen LogP contribution is -2.29. The lowest BCUT2D eigenvalue weighted by atomic mass is 9.91. The number of amides is 2. The summed E-state index contributed by atoms with van der Waals surface area (Å²) in [6, 6.07) is 25.8. The van der Waals surface area contributed by atoms with Crippen LogP contribution in [0.25, 0.3) is 10.9 Å². The van der Waals surface area contributed by atoms with Crippen LogP contribution in [0, 0.1) is 0 Å². The molecule has 160 valence electrons. The number of hydrogen-bond donors (Lipinski definition) is 2. The Labute approximate surface area is 187 Å². The van der Waals surface area contributed by atoms with E-state index in [9.17, 15) is 9.59 Å². The number of aromatic nitrogens is 1. The Morgan fingerprint density at radius 3 is 2.47 bits per heavy atom. The predicted octanol–water partition coefficient (Wildman–Crippen LogP) is 4.86. The SMILES string of the molecule is O=C(NCC(c1ccccc1)c1c[nH]c2ccccc12)c1ccc(N2CCCC2=O)cc1. The molecule has 1 aliphatic rings. The topological polar surface area (TPSA) is 65.2 Å². The summed E-state index contributed by atoms with van der Waals surface area (Å²) >= 11 is 0. The van der Waals surface area contributed by atoms with Gasteiger partial charge >= 0.3 is 0 Å². The third-order valence-electron chi connectivity index (χ3n) is 6.18. The largest absolute Gasteiger partial charge is 0.361 e. The van der Waals surface area contributed by atoms with Gasteiger partial charge in [-0.25, -0.2) is 0 Å². The van der Waals surface area contributed by atoms with Gasteiger partial charge in [-0.15, -0.1) is 0 Å². The molecule has 1 aliphatic heterocycles. The summed E-state index contributed by atoms with van der Waals surface area (Å²) in [6.45, 7) is 1.23. The van der Waals surface area contributed by atoms with Crippen LogP contribution in [0.3, 0.4) is 0 Å². The van der Waals surface area contributed by atoms with Gasteiger partial charge in [0, 0.05) is 53.8 Å². The van der Waals surface area contributed by atoms with Gasteiger partial charge in [-0.05, 0) is 47.9 Å². The van der Waals surface area contributed by atoms with Crippen LogP contribution in [0.15, 0.2) is 85.1 Å². The van der Waals surface area contributed by atoms with Gasteiger partial charge in [-0.2, -0.15) is 0 Å². The number of aromatic amines is 1. The van der Waals surface area contributed by atoms with Gasteiger partial charge in [0.25, 0.3) is 5.91 Å². The van der Waals surface area contributed by atoms with Crippen LogP contribution in [0.2, 0.25) is 0 Å². The maximum Gasteiger partial charge on any atom is 0.251 e. The Morgan fingerprint density at radius 2 is 1.72 bits per heavy atom. The van der Waals surface area contributed by atoms with E-state index in [2.05, 4.69) is 34.6 Å². The van der Waals surface area contributed by atoms with E-state index in [1.54, 1.807) is 17.0 Å². The van der Waals surface area contributed by atoms with Crippen molar-refractivity contribution in [2.75, 3.05) is 18.0 Å². The van der Waals surface area contributed by atoms with Gasteiger partial charge < -0.3 is 15.2 Å². The Kier molecular flexibility index (Phi) is 5.46. The summed E-state index contributed by atoms with van der Waals surface area (Å²) in [5.74, 6) is 0.0505. The number of rotatable bonds is 6. The maximum absolute atomic E-state index is 12.9. The van der Waals surface area contributed by atoms with Gasteiger partial charge in [0.15, 0.2) is 0 Å². The smallest absolute Gasteiger partial charge is 0.251 e. The van der Waals surface area contributed by atoms with Crippen molar-refractivity contribution in [2.45, 2.75) is 18.8 Å². The predicted molar refractivity (Wildman–Crippen MR) is 127 cm³/mol. The zero-order valence-electron chi connectivity index (χ0n) is 17.8. The highest BCUT2D eigenvalue weighted by molar-refractivity contribution is 5.97. The van der Waals surface area contributed by atoms with E-state index in [-0.39, 0.29) is 17.7 Å². The van der Waals surface area contributed by atoms with Crippen molar-refractivity contribution >= 4 is 28.4 Å². The molecule has 2 N–H and O–H groups in total. The first-order valence-electron chi connectivity index (χ1n) is 11.0. The molecule has 3 aromatic carbocycles. The Hall–Kier alpha value is -3.86. The molecule has 0 saturated carbocycles. The Bertz CT molecular complexity index is 1240. The molecule has 1 atom stereocenters. The molecule has 5 nitrogen and oxygen atoms in total. The molecule has 2 amide bonds. The molecular weight excluding hydrogens is 398 g/mol. The van der Waals surface area contributed by atoms with Gasteiger partial charge in [0.05, 0.1) is 0 Å². The molecule has 2 heterocycles. The van der Waals surface area contributed by atoms with Crippen LogP contribution in [-0.4, -0.2) is 29.9 Å². The molecule has 1 aromatic heterocycles. The monoisotopic (exact) mass is 423 g/mol. The summed E-state index contributed by atoms with van der Waals surface area (Å²) in [6.07, 6.45) is 3.52. The number of anilines is 1. The zero-order chi connectivity index (χ0) is 21.9. The Morgan fingerprint density at radius 1 is 0.969 bits per heavy atom. The number of fused-ring (bicyclic) bond motifs is 1. The molecule has 5 heteroatoms. The minimum absolute atomic E-state index is 0.0257. The first-order valence-corrected chi connectivity index (χ1v) is 11.0. The number of benzene rings is 3. The lowest BCUT2D eigenvalue weighted by molar-refractivity contribution is -0.117. The number of nitrogens with one attached hydrogen (secondary N) is 2. The van der Waals surface area contributed by atoms with Crippen LogP contribution in [0.1, 0.15) is 40.2 Å². The average Bonchev–Trinajstić information content (AvgIpc) is 3.46. The van der Waals surface area contributed by atoms with E-state index in [0.717, 1.165) is 40.7 Å². The van der Waals surface area contributed by atoms with E-state index in [1.807, 2.05) is 48.7 Å². The number of para-hydroxylation sites is 1. The fourth-order valence-corrected chi connectivity index (χ4v) is 4.49. The lowest BCUT2D eigenvalue weighted by Gasteiger charge is -2.19. The van der Waals surface area contributed by atoms with Crippen LogP contribution in [0.4, 0.5) is 5.69 Å². The van der Waals surface area contributed by atoms with Crippen LogP contribution in [0.5, 0.6) is 0 Å². The van der Waals surface area contributed by atoms with Crippen molar-refractivity contribution in [1.82, 2.24) is 10.3 Å². The van der Waals surface area contributed by atoms with Crippen molar-refractivity contribution < 1.29 is 9.59 Å². The molecule has 0 aliphatic carbocycles. The summed E-state index contributed by atoms with van der Waals surface area (Å²) in [4.78, 5) is 30.0. The van der Waals surface area contributed by atoms with Crippen LogP contribution in [-0.2, 0) is 4.79 Å². The molecule has 5 rings (SSSR count). The zero-order valence-corrected chi connectivity index (χ0v) is 17.8. The van der Waals surface area contributed by atoms with Gasteiger partial charge in [-0.1, -0.05) is 48.5 Å². The second-order valence-electron chi connectivity index (χ2n) is 8.16. The van der Waals surface area contributed by atoms with E-state index in [0.29, 0.717) is 18.5 Å². The minimum Gasteiger partial charge on any atom is -0.361 e. The van der Waals surface area contributed by atoms with Crippen LogP contribution < -0.4 is 10.2 Å². The van der Waals surface area contributed by atoms with Crippen molar-refractivity contribution in [2.24, 2.45) is 0 Å². The first kappa shape index (κ1) is 20.1. The second-order valence-corrected chi connectivity index (χ2v) is 8.16. The third-order valence-corrected chi connectivity index (χ3v) is 6.18. The molecule has 32 heavy (non-hydrogen) atoms. The van der Waals surface area contributed by atoms with E-state index < -0.39 is 0 Å². The normalized spacial score (nSPS) is 14.6. The maximum atomic E-state index is 12.9. The Balaban J connectivity index is 1.35. The number of hydrogen-bond acceptors (Lipinski definition) is 2. The molecule has 0 spiro atoms. The van der Waals surface area contributed by atoms with E-state index in [1.165, 1.54) is 0 Å². The molecule has 1 unspecified atom stereocenters. The summed E-state index contributed by atoms with van der Waals surface area (Å²) < 4.78 is 0. The molecule has 0 radical (unpaired) electrons. The quantitative estimate of drug-likeness (QED) is 0.465. The number of nitrogens with zero attached hydrogens (tertiary/aromatic N) is 1. The molecule has 1 saturated heterocycles. The number of carbonyl (C=O) groups is 2. The third kappa shape index (κ3) is 3.89. The second kappa shape index (κ2) is 8.71. The average molecular weight is 424 g/mol. The highest BCUT2D eigenvalue weighted by Crippen LogP contribution is 2.30. The summed E-state index contributed by atoms with van der Waals surface area (Å²) in [5.41, 5.74) is 4.84. The minimum atomic E-state index is -0.120. The molecule has 4 aromatic rings. The molecular formula is C27H25N3O2. The first-order chi connectivity index (χ1) is 15.7. The van der Waals surface area contributed by atoms with Gasteiger partial charge in [0.1, 0.15) is 0 Å². The summed E-state index contributed by atoms with van der Waals surface area (Å²) in [5, 5.41) is 4.28. The molecule has 1 fully saturated rings. The highest BCUT2D eigenvalue weighted by atomic mass is 16.2. The van der Waals surface area contributed by atoms with Crippen molar-refractivity contribution in [3.05, 3.63) is 102 Å². The highest BCUT2D eigenvalue weighted by Gasteiger charge is 2.22. The van der Waals surface area contributed by atoms with E-state index >= 15 is 0 Å². The van der Waals surface area contributed by atoms with Gasteiger partial charge in [-0.3, -0.25) is 9.59 Å². The summed E-state index contributed by atoms with van der Waals surface area (Å²) in [7, 11) is 0. The van der Waals surface area contributed by atoms with Gasteiger partial charge in [0.2, 0.25) is 5.91 Å². The fraction of sp³-hybridized carbons (Fsp3) is 0.185. The van der Waals surface area contributed by atoms with Crippen molar-refractivity contribution in [3.8, 4) is 0 Å². The van der Waals surface area contributed by atoms with Crippen LogP contribution >= 0.6 is 0 Å². The number of H-pyrrole nitrogens is 1. The van der Waals surface area contributed by atoms with Crippen molar-refractivity contribution in [3.63, 3.8) is 0 Å².